The molecule has 0 radical (unpaired) electrons. The zero-order chi connectivity index (χ0) is 15.7. The largest absolute Gasteiger partial charge is 0.478 e. The Kier molecular flexibility index (Phi) is 8.36. The van der Waals surface area contributed by atoms with Crippen molar-refractivity contribution >= 4 is 0 Å². The van der Waals surface area contributed by atoms with Crippen molar-refractivity contribution in [2.24, 2.45) is 0 Å². The summed E-state index contributed by atoms with van der Waals surface area (Å²) in [5.74, 6) is 1.20. The van der Waals surface area contributed by atoms with Gasteiger partial charge < -0.3 is 10.1 Å². The number of nitrogens with one attached hydrogen (secondary N) is 1. The van der Waals surface area contributed by atoms with Gasteiger partial charge in [-0.25, -0.2) is 4.98 Å². The smallest absolute Gasteiger partial charge is 0.213 e. The quantitative estimate of drug-likeness (QED) is 0.637. The molecule has 0 bridgehead atoms. The lowest BCUT2D eigenvalue weighted by molar-refractivity contribution is 0.292. The van der Waals surface area contributed by atoms with E-state index in [1.807, 2.05) is 0 Å². The van der Waals surface area contributed by atoms with E-state index in [1.54, 1.807) is 0 Å². The third-order valence-electron chi connectivity index (χ3n) is 3.44. The molecule has 0 unspecified atom stereocenters. The Bertz CT molecular complexity index is 402. The van der Waals surface area contributed by atoms with Crippen LogP contribution in [0.1, 0.15) is 77.5 Å². The van der Waals surface area contributed by atoms with Crippen molar-refractivity contribution in [1.82, 2.24) is 10.3 Å². The first-order chi connectivity index (χ1) is 10.0. The standard InChI is InChI=1S/C18H32N2O/c1-6-7-8-9-10-21-18-12-16(13-19-15(4)5)11-17(20-18)14(2)3/h11-12,14-15,19H,6-10,13H2,1-5H3. The van der Waals surface area contributed by atoms with E-state index in [2.05, 4.69) is 57.1 Å². The Morgan fingerprint density at radius 1 is 1.10 bits per heavy atom. The van der Waals surface area contributed by atoms with E-state index in [9.17, 15) is 0 Å². The van der Waals surface area contributed by atoms with Gasteiger partial charge >= 0.3 is 0 Å². The molecule has 1 rings (SSSR count). The number of pyridine rings is 1. The summed E-state index contributed by atoms with van der Waals surface area (Å²) >= 11 is 0. The van der Waals surface area contributed by atoms with Crippen molar-refractivity contribution in [3.05, 3.63) is 23.4 Å². The Balaban J connectivity index is 2.63. The van der Waals surface area contributed by atoms with Crippen LogP contribution in [-0.2, 0) is 6.54 Å². The van der Waals surface area contributed by atoms with Gasteiger partial charge in [-0.3, -0.25) is 0 Å². The summed E-state index contributed by atoms with van der Waals surface area (Å²) < 4.78 is 5.85. The first-order valence-electron chi connectivity index (χ1n) is 8.40. The molecule has 0 aliphatic rings. The topological polar surface area (TPSA) is 34.1 Å². The number of hydrogen-bond acceptors (Lipinski definition) is 3. The van der Waals surface area contributed by atoms with Gasteiger partial charge in [-0.05, 0) is 24.0 Å². The molecule has 0 aliphatic heterocycles. The second-order valence-electron chi connectivity index (χ2n) is 6.34. The molecule has 1 aromatic rings. The number of nitrogens with zero attached hydrogens (tertiary/aromatic N) is 1. The van der Waals surface area contributed by atoms with Gasteiger partial charge in [-0.1, -0.05) is 53.9 Å². The highest BCUT2D eigenvalue weighted by Crippen LogP contribution is 2.19. The van der Waals surface area contributed by atoms with E-state index in [1.165, 1.54) is 24.8 Å². The molecular weight excluding hydrogens is 260 g/mol. The minimum absolute atomic E-state index is 0.423. The molecule has 0 aliphatic carbocycles. The molecule has 0 saturated heterocycles. The molecule has 1 N–H and O–H groups in total. The van der Waals surface area contributed by atoms with E-state index in [-0.39, 0.29) is 0 Å². The molecule has 0 aromatic carbocycles. The first-order valence-corrected chi connectivity index (χ1v) is 8.40. The minimum atomic E-state index is 0.423. The van der Waals surface area contributed by atoms with Crippen LogP contribution in [-0.4, -0.2) is 17.6 Å². The Morgan fingerprint density at radius 2 is 1.86 bits per heavy atom. The lowest BCUT2D eigenvalue weighted by Crippen LogP contribution is -2.22. The summed E-state index contributed by atoms with van der Waals surface area (Å²) in [5.41, 5.74) is 2.37. The van der Waals surface area contributed by atoms with Crippen LogP contribution in [0.5, 0.6) is 5.88 Å². The Morgan fingerprint density at radius 3 is 2.48 bits per heavy atom. The molecule has 0 fully saturated rings. The highest BCUT2D eigenvalue weighted by molar-refractivity contribution is 5.26. The van der Waals surface area contributed by atoms with Gasteiger partial charge in [-0.2, -0.15) is 0 Å². The van der Waals surface area contributed by atoms with Crippen molar-refractivity contribution in [3.63, 3.8) is 0 Å². The van der Waals surface area contributed by atoms with Gasteiger partial charge in [0.2, 0.25) is 5.88 Å². The van der Waals surface area contributed by atoms with E-state index in [4.69, 9.17) is 4.74 Å². The zero-order valence-electron chi connectivity index (χ0n) is 14.4. The van der Waals surface area contributed by atoms with Crippen molar-refractivity contribution in [2.45, 2.75) is 78.8 Å². The lowest BCUT2D eigenvalue weighted by Gasteiger charge is -2.14. The SMILES string of the molecule is CCCCCCOc1cc(CNC(C)C)cc(C(C)C)n1. The average Bonchev–Trinajstić information content (AvgIpc) is 2.44. The van der Waals surface area contributed by atoms with Gasteiger partial charge in [0.05, 0.1) is 6.61 Å². The van der Waals surface area contributed by atoms with Crippen LogP contribution in [0.25, 0.3) is 0 Å². The fourth-order valence-electron chi connectivity index (χ4n) is 2.08. The van der Waals surface area contributed by atoms with Crippen LogP contribution in [0.3, 0.4) is 0 Å². The molecule has 3 heteroatoms. The van der Waals surface area contributed by atoms with E-state index in [0.717, 1.165) is 31.1 Å². The Labute approximate surface area is 130 Å². The summed E-state index contributed by atoms with van der Waals surface area (Å²) in [4.78, 5) is 4.63. The maximum atomic E-state index is 5.85. The molecule has 120 valence electrons. The fourth-order valence-corrected chi connectivity index (χ4v) is 2.08. The van der Waals surface area contributed by atoms with Crippen LogP contribution in [0.4, 0.5) is 0 Å². The summed E-state index contributed by atoms with van der Waals surface area (Å²) in [6.45, 7) is 12.5. The number of ether oxygens (including phenoxy) is 1. The third-order valence-corrected chi connectivity index (χ3v) is 3.44. The molecule has 3 nitrogen and oxygen atoms in total. The minimum Gasteiger partial charge on any atom is -0.478 e. The number of unbranched alkanes of at least 4 members (excludes halogenated alkanes) is 3. The van der Waals surface area contributed by atoms with Crippen LogP contribution >= 0.6 is 0 Å². The van der Waals surface area contributed by atoms with Gasteiger partial charge in [-0.15, -0.1) is 0 Å². The summed E-state index contributed by atoms with van der Waals surface area (Å²) in [7, 11) is 0. The number of rotatable bonds is 10. The second-order valence-corrected chi connectivity index (χ2v) is 6.34. The number of aromatic nitrogens is 1. The molecule has 0 saturated carbocycles. The maximum absolute atomic E-state index is 5.85. The summed E-state index contributed by atoms with van der Waals surface area (Å²) in [6.07, 6.45) is 4.89. The van der Waals surface area contributed by atoms with Crippen LogP contribution in [0, 0.1) is 0 Å². The third kappa shape index (κ3) is 7.47. The Hall–Kier alpha value is -1.09. The highest BCUT2D eigenvalue weighted by atomic mass is 16.5. The van der Waals surface area contributed by atoms with Crippen LogP contribution in [0.2, 0.25) is 0 Å². The zero-order valence-corrected chi connectivity index (χ0v) is 14.4. The molecule has 1 aromatic heterocycles. The summed E-state index contributed by atoms with van der Waals surface area (Å²) in [5, 5.41) is 3.46. The predicted molar refractivity (Wildman–Crippen MR) is 89.9 cm³/mol. The molecule has 1 heterocycles. The molecule has 0 amide bonds. The van der Waals surface area contributed by atoms with Crippen molar-refractivity contribution < 1.29 is 4.74 Å². The fraction of sp³-hybridized carbons (Fsp3) is 0.722. The predicted octanol–water partition coefficient (Wildman–Crippen LogP) is 4.66. The van der Waals surface area contributed by atoms with Crippen molar-refractivity contribution in [3.8, 4) is 5.88 Å². The summed E-state index contributed by atoms with van der Waals surface area (Å²) in [6, 6.07) is 4.74. The molecule has 0 spiro atoms. The average molecular weight is 292 g/mol. The lowest BCUT2D eigenvalue weighted by atomic mass is 10.1. The van der Waals surface area contributed by atoms with E-state index < -0.39 is 0 Å². The normalized spacial score (nSPS) is 11.4. The highest BCUT2D eigenvalue weighted by Gasteiger charge is 2.07. The second kappa shape index (κ2) is 9.78. The van der Waals surface area contributed by atoms with Crippen LogP contribution in [0.15, 0.2) is 12.1 Å². The maximum Gasteiger partial charge on any atom is 0.213 e. The van der Waals surface area contributed by atoms with Crippen molar-refractivity contribution in [1.29, 1.82) is 0 Å². The van der Waals surface area contributed by atoms with Crippen LogP contribution < -0.4 is 10.1 Å². The van der Waals surface area contributed by atoms with Crippen molar-refractivity contribution in [2.75, 3.05) is 6.61 Å². The van der Waals surface area contributed by atoms with Gasteiger partial charge in [0.15, 0.2) is 0 Å². The van der Waals surface area contributed by atoms with E-state index >= 15 is 0 Å². The molecular formula is C18H32N2O. The molecule has 21 heavy (non-hydrogen) atoms. The monoisotopic (exact) mass is 292 g/mol. The van der Waals surface area contributed by atoms with E-state index in [0.29, 0.717) is 12.0 Å². The van der Waals surface area contributed by atoms with Gasteiger partial charge in [0, 0.05) is 24.3 Å². The first kappa shape index (κ1) is 18.0. The number of hydrogen-bond donors (Lipinski definition) is 1. The van der Waals surface area contributed by atoms with Gasteiger partial charge in [0.1, 0.15) is 0 Å². The molecule has 0 atom stereocenters. The van der Waals surface area contributed by atoms with Gasteiger partial charge in [0.25, 0.3) is 0 Å².